The van der Waals surface area contributed by atoms with Gasteiger partial charge in [0.25, 0.3) is 0 Å². The van der Waals surface area contributed by atoms with Gasteiger partial charge in [-0.15, -0.1) is 0 Å². The van der Waals surface area contributed by atoms with Gasteiger partial charge in [0, 0.05) is 10.7 Å². The number of esters is 1. The van der Waals surface area contributed by atoms with Crippen LogP contribution in [0.25, 0.3) is 0 Å². The van der Waals surface area contributed by atoms with E-state index in [4.69, 9.17) is 25.8 Å². The molecular formula is C28H28ClNO5. The number of amides is 1. The predicted octanol–water partition coefficient (Wildman–Crippen LogP) is 5.42. The van der Waals surface area contributed by atoms with Gasteiger partial charge in [-0.3, -0.25) is 9.59 Å². The quantitative estimate of drug-likeness (QED) is 0.279. The van der Waals surface area contributed by atoms with Gasteiger partial charge in [0.15, 0.2) is 0 Å². The second-order valence-electron chi connectivity index (χ2n) is 8.49. The van der Waals surface area contributed by atoms with Crippen molar-refractivity contribution >= 4 is 29.2 Å². The van der Waals surface area contributed by atoms with Crippen molar-refractivity contribution in [1.82, 2.24) is 0 Å². The second kappa shape index (κ2) is 11.4. The number of hydrogen-bond donors (Lipinski definition) is 0. The van der Waals surface area contributed by atoms with E-state index < -0.39 is 5.92 Å². The fourth-order valence-electron chi connectivity index (χ4n) is 4.24. The Morgan fingerprint density at radius 1 is 0.943 bits per heavy atom. The van der Waals surface area contributed by atoms with Crippen molar-refractivity contribution in [1.29, 1.82) is 0 Å². The highest BCUT2D eigenvalue weighted by atomic mass is 35.5. The molecule has 3 aromatic rings. The number of hydrogen-bond acceptors (Lipinski definition) is 5. The molecule has 0 N–H and O–H groups in total. The SMILES string of the molecule is COc1ccc(N2C(=O)[C@H]([C@@H](C)OCc3ccccc3)[C@@H]2CC(=O)OCc2ccc(Cl)cc2)cc1. The first-order chi connectivity index (χ1) is 17.0. The van der Waals surface area contributed by atoms with Crippen LogP contribution in [0.3, 0.4) is 0 Å². The molecule has 1 fully saturated rings. The largest absolute Gasteiger partial charge is 0.497 e. The zero-order valence-electron chi connectivity index (χ0n) is 19.7. The molecule has 7 heteroatoms. The lowest BCUT2D eigenvalue weighted by Gasteiger charge is -2.49. The molecule has 0 aliphatic carbocycles. The normalized spacial score (nSPS) is 18.0. The lowest BCUT2D eigenvalue weighted by molar-refractivity contribution is -0.149. The molecule has 1 aliphatic rings. The molecule has 4 rings (SSSR count). The maximum absolute atomic E-state index is 13.2. The van der Waals surface area contributed by atoms with Gasteiger partial charge in [-0.1, -0.05) is 54.1 Å². The van der Waals surface area contributed by atoms with Crippen molar-refractivity contribution in [3.05, 3.63) is 95.0 Å². The molecule has 3 aromatic carbocycles. The van der Waals surface area contributed by atoms with Crippen LogP contribution in [0.4, 0.5) is 5.69 Å². The summed E-state index contributed by atoms with van der Waals surface area (Å²) in [7, 11) is 1.59. The van der Waals surface area contributed by atoms with E-state index in [-0.39, 0.29) is 37.0 Å². The third kappa shape index (κ3) is 6.02. The lowest BCUT2D eigenvalue weighted by atomic mass is 9.80. The van der Waals surface area contributed by atoms with Crippen molar-refractivity contribution in [3.8, 4) is 5.75 Å². The molecule has 1 saturated heterocycles. The lowest BCUT2D eigenvalue weighted by Crippen LogP contribution is -2.65. The molecule has 1 amide bonds. The minimum atomic E-state index is -0.455. The van der Waals surface area contributed by atoms with Crippen LogP contribution >= 0.6 is 11.6 Å². The van der Waals surface area contributed by atoms with Crippen LogP contribution in [0, 0.1) is 5.92 Å². The maximum Gasteiger partial charge on any atom is 0.308 e. The Hall–Kier alpha value is -3.35. The zero-order valence-corrected chi connectivity index (χ0v) is 20.5. The maximum atomic E-state index is 13.2. The molecule has 6 nitrogen and oxygen atoms in total. The Balaban J connectivity index is 1.45. The number of rotatable bonds is 10. The molecule has 1 heterocycles. The summed E-state index contributed by atoms with van der Waals surface area (Å²) in [6, 6.07) is 23.8. The van der Waals surface area contributed by atoms with E-state index in [0.29, 0.717) is 23.1 Å². The molecule has 0 aromatic heterocycles. The molecule has 0 spiro atoms. The molecular weight excluding hydrogens is 466 g/mol. The van der Waals surface area contributed by atoms with E-state index >= 15 is 0 Å². The highest BCUT2D eigenvalue weighted by Crippen LogP contribution is 2.38. The van der Waals surface area contributed by atoms with E-state index in [0.717, 1.165) is 11.1 Å². The van der Waals surface area contributed by atoms with Crippen molar-refractivity contribution in [2.45, 2.75) is 38.7 Å². The number of anilines is 1. The Kier molecular flexibility index (Phi) is 8.06. The molecule has 0 saturated carbocycles. The van der Waals surface area contributed by atoms with Crippen LogP contribution < -0.4 is 9.64 Å². The van der Waals surface area contributed by atoms with Gasteiger partial charge >= 0.3 is 5.97 Å². The van der Waals surface area contributed by atoms with Gasteiger partial charge < -0.3 is 19.1 Å². The number of halogens is 1. The zero-order chi connectivity index (χ0) is 24.8. The van der Waals surface area contributed by atoms with Crippen LogP contribution in [-0.2, 0) is 32.3 Å². The fourth-order valence-corrected chi connectivity index (χ4v) is 4.37. The number of β-lactam (4-membered cyclic amide) rings is 1. The Bertz CT molecular complexity index is 1130. The van der Waals surface area contributed by atoms with Crippen molar-refractivity contribution in [2.24, 2.45) is 5.92 Å². The van der Waals surface area contributed by atoms with Crippen molar-refractivity contribution in [3.63, 3.8) is 0 Å². The van der Waals surface area contributed by atoms with Crippen LogP contribution in [0.5, 0.6) is 5.75 Å². The first-order valence-corrected chi connectivity index (χ1v) is 11.9. The van der Waals surface area contributed by atoms with Crippen molar-refractivity contribution < 1.29 is 23.8 Å². The molecule has 1 aliphatic heterocycles. The molecule has 0 bridgehead atoms. The smallest absolute Gasteiger partial charge is 0.308 e. The first-order valence-electron chi connectivity index (χ1n) is 11.5. The summed E-state index contributed by atoms with van der Waals surface area (Å²) in [6.45, 7) is 2.41. The van der Waals surface area contributed by atoms with E-state index in [1.165, 1.54) is 0 Å². The van der Waals surface area contributed by atoms with Gasteiger partial charge in [0.2, 0.25) is 5.91 Å². The number of carbonyl (C=O) groups excluding carboxylic acids is 2. The third-order valence-electron chi connectivity index (χ3n) is 6.17. The average Bonchev–Trinajstić information content (AvgIpc) is 2.88. The van der Waals surface area contributed by atoms with Gasteiger partial charge in [0.1, 0.15) is 12.4 Å². The van der Waals surface area contributed by atoms with Gasteiger partial charge in [0.05, 0.1) is 38.2 Å². The average molecular weight is 494 g/mol. The van der Waals surface area contributed by atoms with E-state index in [1.807, 2.05) is 61.5 Å². The van der Waals surface area contributed by atoms with Gasteiger partial charge in [-0.2, -0.15) is 0 Å². The minimum absolute atomic E-state index is 0.0645. The molecule has 35 heavy (non-hydrogen) atoms. The van der Waals surface area contributed by atoms with Crippen LogP contribution in [-0.4, -0.2) is 31.1 Å². The summed E-state index contributed by atoms with van der Waals surface area (Å²) in [5.74, 6) is -0.219. The summed E-state index contributed by atoms with van der Waals surface area (Å²) in [6.07, 6.45) is -0.305. The van der Waals surface area contributed by atoms with E-state index in [1.54, 1.807) is 36.3 Å². The minimum Gasteiger partial charge on any atom is -0.497 e. The standard InChI is InChI=1S/C28H28ClNO5/c1-19(34-17-20-6-4-3-5-7-20)27-25(16-26(31)35-18-21-8-10-22(29)11-9-21)30(28(27)32)23-12-14-24(33-2)15-13-23/h3-15,19,25,27H,16-18H2,1-2H3/t19-,25+,27-/m1/s1. The fraction of sp³-hybridized carbons (Fsp3) is 0.286. The monoisotopic (exact) mass is 493 g/mol. The topological polar surface area (TPSA) is 65.1 Å². The van der Waals surface area contributed by atoms with Gasteiger partial charge in [-0.25, -0.2) is 0 Å². The third-order valence-corrected chi connectivity index (χ3v) is 6.42. The summed E-state index contributed by atoms with van der Waals surface area (Å²) in [5.41, 5.74) is 2.57. The summed E-state index contributed by atoms with van der Waals surface area (Å²) in [5, 5.41) is 0.621. The number of nitrogens with zero attached hydrogens (tertiary/aromatic N) is 1. The van der Waals surface area contributed by atoms with Crippen LogP contribution in [0.2, 0.25) is 5.02 Å². The summed E-state index contributed by atoms with van der Waals surface area (Å²) in [4.78, 5) is 27.6. The molecule has 0 unspecified atom stereocenters. The van der Waals surface area contributed by atoms with Gasteiger partial charge in [-0.05, 0) is 54.4 Å². The number of methoxy groups -OCH3 is 1. The molecule has 3 atom stereocenters. The van der Waals surface area contributed by atoms with E-state index in [2.05, 4.69) is 0 Å². The highest BCUT2D eigenvalue weighted by molar-refractivity contribution is 6.30. The number of benzene rings is 3. The predicted molar refractivity (Wildman–Crippen MR) is 134 cm³/mol. The molecule has 0 radical (unpaired) electrons. The Morgan fingerprint density at radius 3 is 2.26 bits per heavy atom. The van der Waals surface area contributed by atoms with E-state index in [9.17, 15) is 9.59 Å². The van der Waals surface area contributed by atoms with Crippen LogP contribution in [0.1, 0.15) is 24.5 Å². The second-order valence-corrected chi connectivity index (χ2v) is 8.93. The van der Waals surface area contributed by atoms with Crippen LogP contribution in [0.15, 0.2) is 78.9 Å². The molecule has 182 valence electrons. The Morgan fingerprint density at radius 2 is 1.60 bits per heavy atom. The number of carbonyl (C=O) groups is 2. The Labute approximate surface area is 210 Å². The number of ether oxygens (including phenoxy) is 3. The first kappa shape index (κ1) is 24.8. The summed E-state index contributed by atoms with van der Waals surface area (Å²) < 4.78 is 16.8. The summed E-state index contributed by atoms with van der Waals surface area (Å²) >= 11 is 5.92. The highest BCUT2D eigenvalue weighted by Gasteiger charge is 2.52. The van der Waals surface area contributed by atoms with Crippen molar-refractivity contribution in [2.75, 3.05) is 12.0 Å².